The van der Waals surface area contributed by atoms with Crippen LogP contribution in [0.4, 0.5) is 0 Å². The number of rotatable bonds is 0. The Balaban J connectivity index is -0.00000000214. The van der Waals surface area contributed by atoms with Crippen LogP contribution in [0.3, 0.4) is 0 Å². The van der Waals surface area contributed by atoms with Gasteiger partial charge in [0.05, 0.1) is 0 Å². The molecule has 0 radical (unpaired) electrons. The fraction of sp³-hybridized carbons (Fsp3) is 0.500. The zero-order valence-electron chi connectivity index (χ0n) is 6.32. The van der Waals surface area contributed by atoms with Crippen molar-refractivity contribution in [3.8, 4) is 0 Å². The molecule has 0 heterocycles. The molecule has 11 heavy (non-hydrogen) atoms. The first-order chi connectivity index (χ1) is 1.73. The third kappa shape index (κ3) is 13100. The first-order valence-corrected chi connectivity index (χ1v) is 0.908. The van der Waals surface area contributed by atoms with Gasteiger partial charge in [0.2, 0.25) is 0 Å². The van der Waals surface area contributed by atoms with Gasteiger partial charge in [0.1, 0.15) is 0 Å². The fourth-order valence-electron chi connectivity index (χ4n) is 0. The van der Waals surface area contributed by atoms with Crippen LogP contribution in [0, 0.1) is 0 Å². The Kier molecular flexibility index (Phi) is 855. The molecule has 72 valence electrons. The van der Waals surface area contributed by atoms with E-state index in [2.05, 4.69) is 0 Å². The van der Waals surface area contributed by atoms with Crippen LogP contribution in [0.5, 0.6) is 0 Å². The molecule has 0 amide bonds. The second kappa shape index (κ2) is 83.5. The van der Waals surface area contributed by atoms with Gasteiger partial charge in [-0.1, -0.05) is 0 Å². The van der Waals surface area contributed by atoms with Gasteiger partial charge < -0.3 is 42.8 Å². The van der Waals surface area contributed by atoms with Gasteiger partial charge in [0.25, 0.3) is 0 Å². The van der Waals surface area contributed by atoms with Crippen LogP contribution in [-0.4, -0.2) is 38.8 Å². The monoisotopic (exact) mass is 190 g/mol. The normalized spacial score (nSPS) is 2.27. The minimum Gasteiger partial charge on any atom is -0.550 e. The maximum atomic E-state index is 8.89. The van der Waals surface area contributed by atoms with E-state index < -0.39 is 5.97 Å². The van der Waals surface area contributed by atoms with Crippen LogP contribution >= 0.6 is 0 Å². The summed E-state index contributed by atoms with van der Waals surface area (Å²) in [4.78, 5) is 8.89. The van der Waals surface area contributed by atoms with E-state index in [1.54, 1.807) is 0 Å². The van der Waals surface area contributed by atoms with Crippen molar-refractivity contribution in [3.05, 3.63) is 0 Å². The van der Waals surface area contributed by atoms with Crippen molar-refractivity contribution >= 4 is 5.97 Å². The standard InChI is InChI=1S/C2H4O2.Na.6H2O/c1-2(3)4;;;;;;;/h1H3,(H,3,4);;6*1H2/q;+1;;;;;;/p-1. The van der Waals surface area contributed by atoms with E-state index in [1.807, 2.05) is 0 Å². The fourth-order valence-corrected chi connectivity index (χ4v) is 0. The van der Waals surface area contributed by atoms with Gasteiger partial charge in [-0.15, -0.1) is 0 Å². The van der Waals surface area contributed by atoms with Crippen molar-refractivity contribution in [2.75, 3.05) is 0 Å². The number of hydrogen-bond acceptors (Lipinski definition) is 2. The number of carbonyl (C=O) groups excluding carboxylic acids is 1. The Labute approximate surface area is 85.4 Å². The van der Waals surface area contributed by atoms with Crippen LogP contribution in [0.1, 0.15) is 6.92 Å². The molecule has 0 aromatic carbocycles. The van der Waals surface area contributed by atoms with Crippen molar-refractivity contribution in [1.82, 2.24) is 0 Å². The van der Waals surface area contributed by atoms with E-state index >= 15 is 0 Å². The molecule has 0 aliphatic heterocycles. The summed E-state index contributed by atoms with van der Waals surface area (Å²) >= 11 is 0. The molecule has 0 saturated carbocycles. The molecule has 0 unspecified atom stereocenters. The molecule has 9 heteroatoms. The molecular formula is C2H15NaO8. The SMILES string of the molecule is CC(=O)[O-].O.O.O.O.O.O.[Na+]. The number of carboxylic acids is 1. The molecule has 8 nitrogen and oxygen atoms in total. The molecule has 0 atom stereocenters. The molecule has 0 saturated heterocycles. The molecule has 0 aromatic heterocycles. The average molecular weight is 190 g/mol. The second-order valence-corrected chi connectivity index (χ2v) is 0.492. The maximum absolute atomic E-state index is 8.89. The first-order valence-electron chi connectivity index (χ1n) is 0.908. The van der Waals surface area contributed by atoms with Gasteiger partial charge in [-0.3, -0.25) is 0 Å². The summed E-state index contributed by atoms with van der Waals surface area (Å²) in [5.74, 6) is -1.08. The van der Waals surface area contributed by atoms with E-state index in [1.165, 1.54) is 0 Å². The largest absolute Gasteiger partial charge is 1.00 e. The zero-order chi connectivity index (χ0) is 3.58. The molecule has 0 spiro atoms. The molecule has 0 bridgehead atoms. The number of carbonyl (C=O) groups is 1. The van der Waals surface area contributed by atoms with Gasteiger partial charge in [-0.05, 0) is 6.92 Å². The summed E-state index contributed by atoms with van der Waals surface area (Å²) in [5, 5.41) is 8.89. The summed E-state index contributed by atoms with van der Waals surface area (Å²) < 4.78 is 0. The Morgan fingerprint density at radius 2 is 0.909 bits per heavy atom. The van der Waals surface area contributed by atoms with Gasteiger partial charge >= 0.3 is 29.6 Å². The number of aliphatic carboxylic acids is 1. The van der Waals surface area contributed by atoms with Crippen molar-refractivity contribution in [2.45, 2.75) is 6.92 Å². The summed E-state index contributed by atoms with van der Waals surface area (Å²) in [6, 6.07) is 0. The van der Waals surface area contributed by atoms with E-state index in [4.69, 9.17) is 9.90 Å². The smallest absolute Gasteiger partial charge is 0.550 e. The van der Waals surface area contributed by atoms with E-state index in [0.29, 0.717) is 0 Å². The molecule has 0 aliphatic rings. The molecular weight excluding hydrogens is 175 g/mol. The van der Waals surface area contributed by atoms with Crippen molar-refractivity contribution < 1.29 is 72.3 Å². The predicted molar refractivity (Wildman–Crippen MR) is 32.4 cm³/mol. The Morgan fingerprint density at radius 1 is 0.909 bits per heavy atom. The number of hydrogen-bond donors (Lipinski definition) is 0. The van der Waals surface area contributed by atoms with Gasteiger partial charge in [-0.25, -0.2) is 0 Å². The van der Waals surface area contributed by atoms with Crippen LogP contribution in [0.25, 0.3) is 0 Å². The zero-order valence-corrected chi connectivity index (χ0v) is 8.32. The van der Waals surface area contributed by atoms with Crippen LogP contribution in [0.2, 0.25) is 0 Å². The molecule has 12 N–H and O–H groups in total. The Hall–Kier alpha value is 0.230. The van der Waals surface area contributed by atoms with Gasteiger partial charge in [-0.2, -0.15) is 0 Å². The first kappa shape index (κ1) is 113. The van der Waals surface area contributed by atoms with Crippen molar-refractivity contribution in [3.63, 3.8) is 0 Å². The van der Waals surface area contributed by atoms with Crippen molar-refractivity contribution in [2.24, 2.45) is 0 Å². The number of carboxylic acid groups (broad SMARTS) is 1. The predicted octanol–water partition coefficient (Wildman–Crippen LogP) is -9.19. The van der Waals surface area contributed by atoms with Gasteiger partial charge in [0.15, 0.2) is 0 Å². The summed E-state index contributed by atoms with van der Waals surface area (Å²) in [6.45, 7) is 0.972. The Morgan fingerprint density at radius 3 is 0.909 bits per heavy atom. The third-order valence-corrected chi connectivity index (χ3v) is 0. The third-order valence-electron chi connectivity index (χ3n) is 0. The quantitative estimate of drug-likeness (QED) is 0.338. The van der Waals surface area contributed by atoms with Gasteiger partial charge in [0, 0.05) is 5.97 Å². The van der Waals surface area contributed by atoms with Crippen molar-refractivity contribution in [1.29, 1.82) is 0 Å². The minimum absolute atomic E-state index is 0. The summed E-state index contributed by atoms with van der Waals surface area (Å²) in [6.07, 6.45) is 0. The van der Waals surface area contributed by atoms with E-state index in [-0.39, 0.29) is 62.4 Å². The molecule has 0 rings (SSSR count). The minimum atomic E-state index is -1.08. The Bertz CT molecular complexity index is 35.1. The average Bonchev–Trinajstić information content (AvgIpc) is 0.811. The van der Waals surface area contributed by atoms with E-state index in [9.17, 15) is 0 Å². The molecule has 0 aromatic rings. The molecule has 0 fully saturated rings. The topological polar surface area (TPSA) is 229 Å². The van der Waals surface area contributed by atoms with Crippen LogP contribution in [0.15, 0.2) is 0 Å². The molecule has 0 aliphatic carbocycles. The maximum Gasteiger partial charge on any atom is 1.00 e. The second-order valence-electron chi connectivity index (χ2n) is 0.492. The van der Waals surface area contributed by atoms with E-state index in [0.717, 1.165) is 6.92 Å². The van der Waals surface area contributed by atoms with Crippen LogP contribution < -0.4 is 34.7 Å². The van der Waals surface area contributed by atoms with Crippen LogP contribution in [-0.2, 0) is 4.79 Å². The summed E-state index contributed by atoms with van der Waals surface area (Å²) in [7, 11) is 0. The summed E-state index contributed by atoms with van der Waals surface area (Å²) in [5.41, 5.74) is 0.